The van der Waals surface area contributed by atoms with Gasteiger partial charge in [0.05, 0.1) is 19.4 Å². The predicted molar refractivity (Wildman–Crippen MR) is 64.6 cm³/mol. The number of hydrogen-bond acceptors (Lipinski definition) is 6. The fourth-order valence-corrected chi connectivity index (χ4v) is 0.913. The molecule has 8 nitrogen and oxygen atoms in total. The Kier molecular flexibility index (Phi) is 23.0. The van der Waals surface area contributed by atoms with Crippen molar-refractivity contribution in [1.82, 2.24) is 0 Å². The van der Waals surface area contributed by atoms with E-state index in [4.69, 9.17) is 15.3 Å². The summed E-state index contributed by atoms with van der Waals surface area (Å²) in [4.78, 5) is 31.8. The van der Waals surface area contributed by atoms with Gasteiger partial charge in [-0.2, -0.15) is 0 Å². The van der Waals surface area contributed by atoms with Crippen molar-refractivity contribution in [3.05, 3.63) is 0 Å². The van der Waals surface area contributed by atoms with Gasteiger partial charge in [0.15, 0.2) is 5.60 Å². The molecule has 0 aliphatic carbocycles. The summed E-state index contributed by atoms with van der Waals surface area (Å²) in [6.45, 7) is -0.794. The van der Waals surface area contributed by atoms with Crippen LogP contribution >= 0.6 is 0 Å². The second kappa shape index (κ2) is 15.0. The standard InChI is InChI=1S/C8H12O8.Ba.Sr.Ti.4H/c9-1-2-16-6(12)4-8(15,7(13)14)3-5(10)11;;;;;;;/h9,15H,1-4H2,(H,10,11)(H,13,14);;;;;;;. The van der Waals surface area contributed by atoms with Crippen molar-refractivity contribution < 1.29 is 61.3 Å². The summed E-state index contributed by atoms with van der Waals surface area (Å²) in [6, 6.07) is 0. The number of esters is 1. The van der Waals surface area contributed by atoms with Crippen LogP contribution in [-0.2, 0) is 40.8 Å². The first-order valence-corrected chi connectivity index (χ1v) is 4.26. The summed E-state index contributed by atoms with van der Waals surface area (Å²) < 4.78 is 4.31. The third-order valence-electron chi connectivity index (χ3n) is 1.63. The third kappa shape index (κ3) is 13.5. The van der Waals surface area contributed by atoms with Gasteiger partial charge in [-0.3, -0.25) is 9.59 Å². The Balaban J connectivity index is -0.000000375. The van der Waals surface area contributed by atoms with E-state index in [-0.39, 0.29) is 123 Å². The number of aliphatic hydroxyl groups is 2. The van der Waals surface area contributed by atoms with Crippen LogP contribution in [0.4, 0.5) is 0 Å². The SMILES string of the molecule is O=C(O)CC(O)(CC(=O)OCCO)C(=O)O.[BaH2].[SrH2].[Ti]. The molecule has 0 aromatic carbocycles. The Morgan fingerprint density at radius 3 is 1.89 bits per heavy atom. The average Bonchev–Trinajstić information content (AvgIpc) is 2.12. The van der Waals surface area contributed by atoms with E-state index in [1.807, 2.05) is 0 Å². The van der Waals surface area contributed by atoms with Crippen molar-refractivity contribution >= 4 is 112 Å². The Morgan fingerprint density at radius 1 is 1.11 bits per heavy atom. The van der Waals surface area contributed by atoms with Crippen LogP contribution in [-0.4, -0.2) is 152 Å². The van der Waals surface area contributed by atoms with Crippen molar-refractivity contribution in [1.29, 1.82) is 0 Å². The predicted octanol–water partition coefficient (Wildman–Crippen LogP) is -3.63. The minimum atomic E-state index is -2.70. The van der Waals surface area contributed by atoms with Gasteiger partial charge in [0, 0.05) is 21.7 Å². The van der Waals surface area contributed by atoms with E-state index in [1.54, 1.807) is 0 Å². The number of aliphatic hydroxyl groups excluding tert-OH is 1. The Bertz CT molecular complexity index is 302. The van der Waals surface area contributed by atoms with Crippen molar-refractivity contribution in [2.24, 2.45) is 0 Å². The number of ether oxygens (including phenoxy) is 1. The topological polar surface area (TPSA) is 141 Å². The molecule has 4 N–H and O–H groups in total. The Morgan fingerprint density at radius 2 is 1.58 bits per heavy atom. The number of carboxylic acids is 2. The van der Waals surface area contributed by atoms with Gasteiger partial charge in [0.25, 0.3) is 0 Å². The van der Waals surface area contributed by atoms with Crippen molar-refractivity contribution in [3.63, 3.8) is 0 Å². The molecule has 0 radical (unpaired) electrons. The Hall–Kier alpha value is 2.10. The molecule has 0 saturated carbocycles. The van der Waals surface area contributed by atoms with Crippen molar-refractivity contribution in [3.8, 4) is 0 Å². The number of aliphatic carboxylic acids is 2. The molecule has 0 spiro atoms. The fraction of sp³-hybridized carbons (Fsp3) is 0.625. The molecule has 0 heterocycles. The van der Waals surface area contributed by atoms with Gasteiger partial charge in [0.1, 0.15) is 6.61 Å². The van der Waals surface area contributed by atoms with Gasteiger partial charge < -0.3 is 25.2 Å². The zero-order valence-corrected chi connectivity index (χ0v) is 10.3. The number of carbonyl (C=O) groups is 3. The molecule has 0 aromatic rings. The van der Waals surface area contributed by atoms with E-state index in [0.29, 0.717) is 0 Å². The van der Waals surface area contributed by atoms with E-state index >= 15 is 0 Å². The van der Waals surface area contributed by atoms with Gasteiger partial charge in [0.2, 0.25) is 0 Å². The van der Waals surface area contributed by atoms with E-state index in [9.17, 15) is 19.5 Å². The van der Waals surface area contributed by atoms with E-state index in [1.165, 1.54) is 0 Å². The largest absolute Gasteiger partial charge is 0 e. The van der Waals surface area contributed by atoms with E-state index in [2.05, 4.69) is 4.74 Å². The van der Waals surface area contributed by atoms with Crippen LogP contribution in [0.1, 0.15) is 12.8 Å². The molecule has 0 rings (SSSR count). The maximum atomic E-state index is 11.0. The molecule has 0 saturated heterocycles. The van der Waals surface area contributed by atoms with Gasteiger partial charge in [-0.25, -0.2) is 4.79 Å². The number of carbonyl (C=O) groups excluding carboxylic acids is 1. The summed E-state index contributed by atoms with van der Waals surface area (Å²) >= 11 is 0. The van der Waals surface area contributed by atoms with Crippen molar-refractivity contribution in [2.75, 3.05) is 13.2 Å². The Labute approximate surface area is 201 Å². The maximum Gasteiger partial charge on any atom is 0 e. The molecule has 104 valence electrons. The molecule has 0 bridgehead atoms. The van der Waals surface area contributed by atoms with Gasteiger partial charge in [-0.15, -0.1) is 0 Å². The molecule has 0 aromatic heterocycles. The molecule has 19 heavy (non-hydrogen) atoms. The van der Waals surface area contributed by atoms with Crippen LogP contribution in [0.5, 0.6) is 0 Å². The normalized spacial score (nSPS) is 11.7. The summed E-state index contributed by atoms with van der Waals surface area (Å²) in [6.07, 6.45) is -2.11. The van der Waals surface area contributed by atoms with Crippen LogP contribution in [0, 0.1) is 0 Å². The van der Waals surface area contributed by atoms with Crippen LogP contribution < -0.4 is 0 Å². The maximum absolute atomic E-state index is 11.0. The molecule has 1 unspecified atom stereocenters. The zero-order chi connectivity index (χ0) is 12.8. The molecule has 0 aliphatic rings. The summed E-state index contributed by atoms with van der Waals surface area (Å²) in [7, 11) is 0. The van der Waals surface area contributed by atoms with Crippen LogP contribution in [0.2, 0.25) is 0 Å². The average molecular weight is 513 g/mol. The number of carboxylic acid groups (broad SMARTS) is 2. The molecule has 0 amide bonds. The first-order chi connectivity index (χ1) is 7.31. The zero-order valence-electron chi connectivity index (χ0n) is 8.75. The van der Waals surface area contributed by atoms with Crippen molar-refractivity contribution in [2.45, 2.75) is 18.4 Å². The molecule has 0 aliphatic heterocycles. The second-order valence-electron chi connectivity index (χ2n) is 3.03. The van der Waals surface area contributed by atoms with Crippen LogP contribution in [0.3, 0.4) is 0 Å². The minimum absolute atomic E-state index is 0. The monoisotopic (exact) mass is 514 g/mol. The van der Waals surface area contributed by atoms with Crippen LogP contribution in [0.25, 0.3) is 0 Å². The summed E-state index contributed by atoms with van der Waals surface area (Å²) in [5.74, 6) is -4.48. The molecule has 1 atom stereocenters. The molecule has 0 fully saturated rings. The van der Waals surface area contributed by atoms with E-state index < -0.39 is 43.0 Å². The molecular weight excluding hydrogens is 497 g/mol. The minimum Gasteiger partial charge on any atom is 0 e. The summed E-state index contributed by atoms with van der Waals surface area (Å²) in [5, 5.41) is 34.7. The van der Waals surface area contributed by atoms with Gasteiger partial charge in [-0.1, -0.05) is 0 Å². The summed E-state index contributed by atoms with van der Waals surface area (Å²) in [5.41, 5.74) is -2.70. The number of hydrogen-bond donors (Lipinski definition) is 4. The smallest absolute Gasteiger partial charge is 0 e. The quantitative estimate of drug-likeness (QED) is 0.202. The van der Waals surface area contributed by atoms with Crippen LogP contribution in [0.15, 0.2) is 0 Å². The first-order valence-electron chi connectivity index (χ1n) is 4.26. The van der Waals surface area contributed by atoms with Gasteiger partial charge >= 0.3 is 112 Å². The van der Waals surface area contributed by atoms with E-state index in [0.717, 1.165) is 0 Å². The second-order valence-corrected chi connectivity index (χ2v) is 3.03. The molecule has 11 heteroatoms. The fourth-order valence-electron chi connectivity index (χ4n) is 0.913. The first kappa shape index (κ1) is 29.1. The third-order valence-corrected chi connectivity index (χ3v) is 1.63. The molecular formula is C8H16BaO8SrTi. The van der Waals surface area contributed by atoms with Gasteiger partial charge in [-0.05, 0) is 0 Å². The number of rotatable bonds is 7.